The molecule has 0 saturated carbocycles. The van der Waals surface area contributed by atoms with Crippen LogP contribution in [0.4, 0.5) is 13.2 Å². The van der Waals surface area contributed by atoms with E-state index in [1.165, 1.54) is 6.07 Å². The van der Waals surface area contributed by atoms with Gasteiger partial charge in [-0.05, 0) is 37.1 Å². The Morgan fingerprint density at radius 2 is 2.05 bits per heavy atom. The van der Waals surface area contributed by atoms with Gasteiger partial charge in [0.15, 0.2) is 0 Å². The molecule has 0 aliphatic carbocycles. The van der Waals surface area contributed by atoms with Crippen LogP contribution in [0.2, 0.25) is 5.02 Å². The van der Waals surface area contributed by atoms with Crippen LogP contribution in [0.3, 0.4) is 0 Å². The van der Waals surface area contributed by atoms with Gasteiger partial charge in [0.2, 0.25) is 0 Å². The van der Waals surface area contributed by atoms with E-state index in [1.54, 1.807) is 6.07 Å². The maximum atomic E-state index is 12.6. The van der Waals surface area contributed by atoms with Gasteiger partial charge in [-0.15, -0.1) is 0 Å². The largest absolute Gasteiger partial charge is 0.417 e. The summed E-state index contributed by atoms with van der Waals surface area (Å²) in [4.78, 5) is 0. The second-order valence-electron chi connectivity index (χ2n) is 4.34. The number of rotatable bonds is 6. The van der Waals surface area contributed by atoms with Gasteiger partial charge in [-0.3, -0.25) is 0 Å². The summed E-state index contributed by atoms with van der Waals surface area (Å²) in [5.74, 6) is 0. The second-order valence-corrected chi connectivity index (χ2v) is 4.75. The molecule has 6 heteroatoms. The van der Waals surface area contributed by atoms with Crippen molar-refractivity contribution in [2.45, 2.75) is 38.6 Å². The number of halogens is 4. The molecule has 0 fully saturated rings. The Balaban J connectivity index is 2.56. The van der Waals surface area contributed by atoms with Crippen LogP contribution in [0, 0.1) is 0 Å². The van der Waals surface area contributed by atoms with E-state index in [9.17, 15) is 18.3 Å². The molecule has 1 aromatic carbocycles. The normalized spacial score (nSPS) is 13.6. The highest BCUT2D eigenvalue weighted by molar-refractivity contribution is 6.31. The highest BCUT2D eigenvalue weighted by Crippen LogP contribution is 2.35. The van der Waals surface area contributed by atoms with Gasteiger partial charge in [0.05, 0.1) is 16.7 Å². The molecule has 1 unspecified atom stereocenters. The van der Waals surface area contributed by atoms with Gasteiger partial charge in [-0.1, -0.05) is 24.6 Å². The van der Waals surface area contributed by atoms with Crippen LogP contribution < -0.4 is 5.32 Å². The van der Waals surface area contributed by atoms with Crippen LogP contribution in [0.1, 0.15) is 30.9 Å². The maximum absolute atomic E-state index is 12.6. The lowest BCUT2D eigenvalue weighted by Gasteiger charge is -2.12. The summed E-state index contributed by atoms with van der Waals surface area (Å²) in [5.41, 5.74) is -0.301. The lowest BCUT2D eigenvalue weighted by atomic mass is 10.1. The zero-order chi connectivity index (χ0) is 14.5. The molecule has 2 nitrogen and oxygen atoms in total. The van der Waals surface area contributed by atoms with Gasteiger partial charge >= 0.3 is 6.18 Å². The van der Waals surface area contributed by atoms with Crippen molar-refractivity contribution in [2.24, 2.45) is 0 Å². The third-order valence-electron chi connectivity index (χ3n) is 2.79. The molecule has 0 aromatic heterocycles. The quantitative estimate of drug-likeness (QED) is 0.786. The highest BCUT2D eigenvalue weighted by Gasteiger charge is 2.33. The molecule has 0 aliphatic rings. The summed E-state index contributed by atoms with van der Waals surface area (Å²) in [5, 5.41) is 12.0. The first-order chi connectivity index (χ1) is 8.84. The minimum atomic E-state index is -4.44. The molecule has 2 N–H and O–H groups in total. The second kappa shape index (κ2) is 7.12. The molecular weight excluding hydrogens is 279 g/mol. The number of benzene rings is 1. The molecule has 0 radical (unpaired) electrons. The zero-order valence-electron chi connectivity index (χ0n) is 10.6. The van der Waals surface area contributed by atoms with E-state index in [0.717, 1.165) is 6.07 Å². The monoisotopic (exact) mass is 295 g/mol. The molecule has 0 bridgehead atoms. The van der Waals surface area contributed by atoms with Crippen molar-refractivity contribution < 1.29 is 18.3 Å². The summed E-state index contributed by atoms with van der Waals surface area (Å²) < 4.78 is 37.9. The Hall–Kier alpha value is -0.780. The molecule has 1 atom stereocenters. The van der Waals surface area contributed by atoms with Gasteiger partial charge in [0.25, 0.3) is 0 Å². The van der Waals surface area contributed by atoms with Crippen LogP contribution in [-0.4, -0.2) is 17.8 Å². The van der Waals surface area contributed by atoms with Crippen LogP contribution in [-0.2, 0) is 12.7 Å². The summed E-state index contributed by atoms with van der Waals surface area (Å²) in [6, 6.07) is 3.86. The number of hydrogen-bond donors (Lipinski definition) is 2. The number of aliphatic hydroxyl groups excluding tert-OH is 1. The van der Waals surface area contributed by atoms with Crippen molar-refractivity contribution in [3.8, 4) is 0 Å². The summed E-state index contributed by atoms with van der Waals surface area (Å²) in [7, 11) is 0. The average molecular weight is 296 g/mol. The summed E-state index contributed by atoms with van der Waals surface area (Å²) in [6.07, 6.45) is -3.56. The van der Waals surface area contributed by atoms with Crippen LogP contribution >= 0.6 is 11.6 Å². The van der Waals surface area contributed by atoms with Crippen molar-refractivity contribution >= 4 is 11.6 Å². The number of aliphatic hydroxyl groups is 1. The Morgan fingerprint density at radius 1 is 1.37 bits per heavy atom. The first-order valence-corrected chi connectivity index (χ1v) is 6.46. The van der Waals surface area contributed by atoms with E-state index in [1.807, 2.05) is 6.92 Å². The average Bonchev–Trinajstić information content (AvgIpc) is 2.34. The van der Waals surface area contributed by atoms with Crippen LogP contribution in [0.25, 0.3) is 0 Å². The van der Waals surface area contributed by atoms with Crippen molar-refractivity contribution in [3.63, 3.8) is 0 Å². The minimum absolute atomic E-state index is 0.294. The molecule has 0 heterocycles. The van der Waals surface area contributed by atoms with Crippen LogP contribution in [0.5, 0.6) is 0 Å². The Morgan fingerprint density at radius 3 is 2.63 bits per heavy atom. The number of nitrogens with one attached hydrogen (secondary N) is 1. The Kier molecular flexibility index (Phi) is 6.10. The summed E-state index contributed by atoms with van der Waals surface area (Å²) >= 11 is 5.53. The fraction of sp³-hybridized carbons (Fsp3) is 0.538. The predicted molar refractivity (Wildman–Crippen MR) is 69.1 cm³/mol. The molecule has 0 saturated heterocycles. The van der Waals surface area contributed by atoms with E-state index in [-0.39, 0.29) is 11.1 Å². The van der Waals surface area contributed by atoms with Gasteiger partial charge in [-0.25, -0.2) is 0 Å². The van der Waals surface area contributed by atoms with Crippen molar-refractivity contribution in [1.82, 2.24) is 5.32 Å². The molecule has 0 aliphatic heterocycles. The molecule has 108 valence electrons. The lowest BCUT2D eigenvalue weighted by Crippen LogP contribution is -2.20. The smallest absolute Gasteiger partial charge is 0.393 e. The van der Waals surface area contributed by atoms with Gasteiger partial charge in [-0.2, -0.15) is 13.2 Å². The van der Waals surface area contributed by atoms with Crippen molar-refractivity contribution in [1.29, 1.82) is 0 Å². The minimum Gasteiger partial charge on any atom is -0.393 e. The van der Waals surface area contributed by atoms with Crippen LogP contribution in [0.15, 0.2) is 18.2 Å². The van der Waals surface area contributed by atoms with E-state index in [2.05, 4.69) is 5.32 Å². The third kappa shape index (κ3) is 5.38. The van der Waals surface area contributed by atoms with Gasteiger partial charge in [0.1, 0.15) is 0 Å². The van der Waals surface area contributed by atoms with Gasteiger partial charge < -0.3 is 10.4 Å². The summed E-state index contributed by atoms with van der Waals surface area (Å²) in [6.45, 7) is 2.75. The highest BCUT2D eigenvalue weighted by atomic mass is 35.5. The standard InChI is InChI=1S/C13H17ClF3NO/c1-2-10(19)5-6-18-8-9-3-4-12(14)11(7-9)13(15,16)17/h3-4,7,10,18-19H,2,5-6,8H2,1H3. The fourth-order valence-electron chi connectivity index (χ4n) is 1.61. The van der Waals surface area contributed by atoms with E-state index >= 15 is 0 Å². The molecule has 19 heavy (non-hydrogen) atoms. The molecule has 0 amide bonds. The first kappa shape index (κ1) is 16.3. The predicted octanol–water partition coefficient (Wildman–Crippen LogP) is 3.61. The SMILES string of the molecule is CCC(O)CCNCc1ccc(Cl)c(C(F)(F)F)c1. The maximum Gasteiger partial charge on any atom is 0.417 e. The molecular formula is C13H17ClF3NO. The number of alkyl halides is 3. The van der Waals surface area contributed by atoms with E-state index in [0.29, 0.717) is 31.5 Å². The van der Waals surface area contributed by atoms with Crippen molar-refractivity contribution in [3.05, 3.63) is 34.3 Å². The number of hydrogen-bond acceptors (Lipinski definition) is 2. The Bertz CT molecular complexity index is 409. The fourth-order valence-corrected chi connectivity index (χ4v) is 1.83. The van der Waals surface area contributed by atoms with Crippen molar-refractivity contribution in [2.75, 3.05) is 6.54 Å². The molecule has 1 rings (SSSR count). The molecule has 0 spiro atoms. The van der Waals surface area contributed by atoms with E-state index < -0.39 is 11.7 Å². The zero-order valence-corrected chi connectivity index (χ0v) is 11.4. The van der Waals surface area contributed by atoms with Gasteiger partial charge in [0, 0.05) is 6.54 Å². The Labute approximate surface area is 115 Å². The topological polar surface area (TPSA) is 32.3 Å². The lowest BCUT2D eigenvalue weighted by molar-refractivity contribution is -0.137. The first-order valence-electron chi connectivity index (χ1n) is 6.09. The third-order valence-corrected chi connectivity index (χ3v) is 3.12. The van der Waals surface area contributed by atoms with E-state index in [4.69, 9.17) is 11.6 Å². The molecule has 1 aromatic rings.